The Balaban J connectivity index is 1.96. The van der Waals surface area contributed by atoms with E-state index in [9.17, 15) is 9.59 Å². The number of carbonyl (C=O) groups excluding carboxylic acids is 2. The monoisotopic (exact) mass is 383 g/mol. The highest BCUT2D eigenvalue weighted by molar-refractivity contribution is 8.04. The summed E-state index contributed by atoms with van der Waals surface area (Å²) in [6.45, 7) is 2.18. The van der Waals surface area contributed by atoms with E-state index in [0.29, 0.717) is 27.5 Å². The van der Waals surface area contributed by atoms with Crippen LogP contribution in [0.5, 0.6) is 11.5 Å². The molecule has 0 saturated heterocycles. The molecule has 0 spiro atoms. The van der Waals surface area contributed by atoms with Crippen LogP contribution in [0.15, 0.2) is 53.4 Å². The molecule has 2 amide bonds. The van der Waals surface area contributed by atoms with E-state index in [2.05, 4.69) is 0 Å². The summed E-state index contributed by atoms with van der Waals surface area (Å²) in [5.74, 6) is 1.45. The number of hydrogen-bond acceptors (Lipinski definition) is 5. The first-order valence-electron chi connectivity index (χ1n) is 8.60. The van der Waals surface area contributed by atoms with Crippen LogP contribution in [0.25, 0.3) is 5.57 Å². The van der Waals surface area contributed by atoms with Crippen molar-refractivity contribution in [2.24, 2.45) is 0 Å². The number of hydrogen-bond donors (Lipinski definition) is 0. The Labute approximate surface area is 163 Å². The van der Waals surface area contributed by atoms with Crippen LogP contribution in [-0.4, -0.2) is 36.7 Å². The highest BCUT2D eigenvalue weighted by Crippen LogP contribution is 2.39. The summed E-state index contributed by atoms with van der Waals surface area (Å²) in [6, 6.07) is 14.6. The number of rotatable bonds is 7. The van der Waals surface area contributed by atoms with E-state index < -0.39 is 0 Å². The van der Waals surface area contributed by atoms with Gasteiger partial charge >= 0.3 is 0 Å². The molecule has 0 saturated carbocycles. The lowest BCUT2D eigenvalue weighted by Gasteiger charge is -2.16. The zero-order valence-corrected chi connectivity index (χ0v) is 16.3. The van der Waals surface area contributed by atoms with Crippen molar-refractivity contribution in [1.82, 2.24) is 4.90 Å². The van der Waals surface area contributed by atoms with Crippen molar-refractivity contribution in [2.75, 3.05) is 20.0 Å². The second-order valence-electron chi connectivity index (χ2n) is 5.88. The Morgan fingerprint density at radius 2 is 1.63 bits per heavy atom. The van der Waals surface area contributed by atoms with Gasteiger partial charge < -0.3 is 9.47 Å². The number of amides is 2. The number of methoxy groups -OCH3 is 2. The lowest BCUT2D eigenvalue weighted by molar-refractivity contribution is -0.137. The minimum Gasteiger partial charge on any atom is -0.497 e. The van der Waals surface area contributed by atoms with Crippen LogP contribution in [0.2, 0.25) is 0 Å². The largest absolute Gasteiger partial charge is 0.497 e. The van der Waals surface area contributed by atoms with Gasteiger partial charge in [0.2, 0.25) is 0 Å². The summed E-state index contributed by atoms with van der Waals surface area (Å²) < 4.78 is 10.6. The maximum Gasteiger partial charge on any atom is 0.268 e. The van der Waals surface area contributed by atoms with Crippen LogP contribution in [0.4, 0.5) is 0 Å². The summed E-state index contributed by atoms with van der Waals surface area (Å²) in [7, 11) is 3.16. The molecule has 2 aromatic carbocycles. The fourth-order valence-corrected chi connectivity index (χ4v) is 3.84. The molecule has 1 aliphatic rings. The molecule has 0 fully saturated rings. The van der Waals surface area contributed by atoms with Gasteiger partial charge in [-0.1, -0.05) is 37.3 Å². The topological polar surface area (TPSA) is 55.8 Å². The van der Waals surface area contributed by atoms with Gasteiger partial charge in [-0.15, -0.1) is 11.8 Å². The number of para-hydroxylation sites is 1. The van der Waals surface area contributed by atoms with Gasteiger partial charge in [0.15, 0.2) is 0 Å². The zero-order valence-electron chi connectivity index (χ0n) is 15.5. The quantitative estimate of drug-likeness (QED) is 0.682. The molecule has 27 heavy (non-hydrogen) atoms. The van der Waals surface area contributed by atoms with Gasteiger partial charge in [0.1, 0.15) is 11.5 Å². The molecule has 5 nitrogen and oxygen atoms in total. The molecular weight excluding hydrogens is 362 g/mol. The molecule has 0 N–H and O–H groups in total. The predicted octanol–water partition coefficient (Wildman–Crippen LogP) is 3.74. The Bertz CT molecular complexity index is 889. The molecule has 6 heteroatoms. The van der Waals surface area contributed by atoms with Gasteiger partial charge in [0.25, 0.3) is 11.8 Å². The molecule has 1 aliphatic heterocycles. The summed E-state index contributed by atoms with van der Waals surface area (Å²) >= 11 is 1.39. The second-order valence-corrected chi connectivity index (χ2v) is 7.16. The van der Waals surface area contributed by atoms with E-state index >= 15 is 0 Å². The van der Waals surface area contributed by atoms with Crippen LogP contribution in [-0.2, 0) is 16.1 Å². The van der Waals surface area contributed by atoms with Gasteiger partial charge in [-0.2, -0.15) is 0 Å². The fourth-order valence-electron chi connectivity index (χ4n) is 2.98. The first-order chi connectivity index (χ1) is 13.1. The average Bonchev–Trinajstić information content (AvgIpc) is 2.93. The van der Waals surface area contributed by atoms with Gasteiger partial charge in [0.05, 0.1) is 31.2 Å². The summed E-state index contributed by atoms with van der Waals surface area (Å²) in [5, 5.41) is 0. The molecule has 0 bridgehead atoms. The number of ether oxygens (including phenoxy) is 2. The van der Waals surface area contributed by atoms with E-state index in [1.54, 1.807) is 20.3 Å². The van der Waals surface area contributed by atoms with Crippen molar-refractivity contribution >= 4 is 29.1 Å². The molecule has 0 aromatic heterocycles. The molecule has 3 rings (SSSR count). The SMILES string of the molecule is CCSC1=C(c2ccccc2OC)C(=O)N(Cc2ccc(OC)cc2)C1=O. The Morgan fingerprint density at radius 3 is 2.26 bits per heavy atom. The summed E-state index contributed by atoms with van der Waals surface area (Å²) in [6.07, 6.45) is 0. The Kier molecular flexibility index (Phi) is 5.86. The first-order valence-corrected chi connectivity index (χ1v) is 9.58. The van der Waals surface area contributed by atoms with E-state index in [-0.39, 0.29) is 18.4 Å². The van der Waals surface area contributed by atoms with Gasteiger partial charge in [-0.25, -0.2) is 0 Å². The van der Waals surface area contributed by atoms with Crippen molar-refractivity contribution in [2.45, 2.75) is 13.5 Å². The maximum absolute atomic E-state index is 13.2. The van der Waals surface area contributed by atoms with E-state index in [1.165, 1.54) is 16.7 Å². The number of carbonyl (C=O) groups is 2. The maximum atomic E-state index is 13.2. The normalized spacial score (nSPS) is 14.1. The van der Waals surface area contributed by atoms with E-state index in [1.807, 2.05) is 49.4 Å². The predicted molar refractivity (Wildman–Crippen MR) is 107 cm³/mol. The zero-order chi connectivity index (χ0) is 19.4. The molecule has 0 aliphatic carbocycles. The fraction of sp³-hybridized carbons (Fsp3) is 0.238. The molecule has 2 aromatic rings. The highest BCUT2D eigenvalue weighted by Gasteiger charge is 2.39. The number of thioether (sulfide) groups is 1. The van der Waals surface area contributed by atoms with Crippen molar-refractivity contribution in [3.63, 3.8) is 0 Å². The third kappa shape index (κ3) is 3.71. The lowest BCUT2D eigenvalue weighted by atomic mass is 10.0. The Hall–Kier alpha value is -2.73. The van der Waals surface area contributed by atoms with Crippen molar-refractivity contribution in [3.05, 3.63) is 64.6 Å². The van der Waals surface area contributed by atoms with Crippen LogP contribution in [0, 0.1) is 0 Å². The summed E-state index contributed by atoms with van der Waals surface area (Å²) in [5.41, 5.74) is 1.92. The van der Waals surface area contributed by atoms with Crippen molar-refractivity contribution in [1.29, 1.82) is 0 Å². The first kappa shape index (κ1) is 19.0. The lowest BCUT2D eigenvalue weighted by Crippen LogP contribution is -2.30. The van der Waals surface area contributed by atoms with E-state index in [0.717, 1.165) is 11.3 Å². The average molecular weight is 383 g/mol. The summed E-state index contributed by atoms with van der Waals surface area (Å²) in [4.78, 5) is 27.9. The second kappa shape index (κ2) is 8.31. The van der Waals surface area contributed by atoms with Gasteiger partial charge in [-0.05, 0) is 29.5 Å². The smallest absolute Gasteiger partial charge is 0.268 e. The molecular formula is C21H21NO4S. The van der Waals surface area contributed by atoms with E-state index in [4.69, 9.17) is 9.47 Å². The van der Waals surface area contributed by atoms with Crippen molar-refractivity contribution in [3.8, 4) is 11.5 Å². The minimum atomic E-state index is -0.295. The standard InChI is InChI=1S/C21H21NO4S/c1-4-27-19-18(16-7-5-6-8-17(16)26-3)20(23)22(21(19)24)13-14-9-11-15(25-2)12-10-14/h5-12H,4,13H2,1-3H3. The van der Waals surface area contributed by atoms with Crippen LogP contribution in [0.1, 0.15) is 18.1 Å². The van der Waals surface area contributed by atoms with Gasteiger partial charge in [-0.3, -0.25) is 14.5 Å². The third-order valence-electron chi connectivity index (χ3n) is 4.29. The Morgan fingerprint density at radius 1 is 0.926 bits per heavy atom. The number of benzene rings is 2. The number of nitrogens with zero attached hydrogens (tertiary/aromatic N) is 1. The minimum absolute atomic E-state index is 0.216. The van der Waals surface area contributed by atoms with Crippen molar-refractivity contribution < 1.29 is 19.1 Å². The molecule has 0 unspecified atom stereocenters. The number of imide groups is 1. The van der Waals surface area contributed by atoms with Gasteiger partial charge in [0, 0.05) is 5.56 Å². The van der Waals surface area contributed by atoms with Crippen LogP contribution < -0.4 is 9.47 Å². The molecule has 0 atom stereocenters. The van der Waals surface area contributed by atoms with Crippen LogP contribution >= 0.6 is 11.8 Å². The molecule has 0 radical (unpaired) electrons. The van der Waals surface area contributed by atoms with Crippen LogP contribution in [0.3, 0.4) is 0 Å². The molecule has 1 heterocycles. The third-order valence-corrected chi connectivity index (χ3v) is 5.25. The highest BCUT2D eigenvalue weighted by atomic mass is 32.2. The molecule has 140 valence electrons.